The van der Waals surface area contributed by atoms with Gasteiger partial charge < -0.3 is 4.98 Å². The second kappa shape index (κ2) is 4.89. The number of aromatic amines is 1. The van der Waals surface area contributed by atoms with Gasteiger partial charge in [0.1, 0.15) is 0 Å². The maximum absolute atomic E-state index is 6.23. The summed E-state index contributed by atoms with van der Waals surface area (Å²) >= 11 is 6.23. The minimum absolute atomic E-state index is 0.834. The van der Waals surface area contributed by atoms with E-state index in [-0.39, 0.29) is 0 Å². The van der Waals surface area contributed by atoms with E-state index in [0.29, 0.717) is 0 Å². The van der Waals surface area contributed by atoms with E-state index >= 15 is 0 Å². The molecule has 2 nitrogen and oxygen atoms in total. The number of halogens is 1. The largest absolute Gasteiger partial charge is 0.361 e. The van der Waals surface area contributed by atoms with Crippen molar-refractivity contribution in [2.45, 2.75) is 20.4 Å². The molecular weight excluding hydrogens is 220 g/mol. The van der Waals surface area contributed by atoms with Crippen LogP contribution in [0.15, 0.2) is 24.4 Å². The fraction of sp³-hybridized carbons (Fsp3) is 0.385. The van der Waals surface area contributed by atoms with Crippen molar-refractivity contribution >= 4 is 22.5 Å². The van der Waals surface area contributed by atoms with E-state index in [1.54, 1.807) is 0 Å². The van der Waals surface area contributed by atoms with Gasteiger partial charge in [-0.15, -0.1) is 0 Å². The highest BCUT2D eigenvalue weighted by Crippen LogP contribution is 2.27. The number of hydrogen-bond donors (Lipinski definition) is 1. The summed E-state index contributed by atoms with van der Waals surface area (Å²) < 4.78 is 0. The zero-order valence-corrected chi connectivity index (χ0v) is 10.5. The van der Waals surface area contributed by atoms with E-state index in [1.807, 2.05) is 12.1 Å². The number of nitrogens with zero attached hydrogens (tertiary/aromatic N) is 1. The summed E-state index contributed by atoms with van der Waals surface area (Å²) in [5, 5.41) is 2.00. The molecule has 2 aromatic rings. The second-order valence-electron chi connectivity index (χ2n) is 3.94. The fourth-order valence-corrected chi connectivity index (χ4v) is 2.32. The maximum Gasteiger partial charge on any atom is 0.0503 e. The number of H-pyrrole nitrogens is 1. The Kier molecular flexibility index (Phi) is 3.52. The standard InChI is InChI=1S/C13H17ClN2/c1-3-16(4-2)9-10-8-15-12-7-5-6-11(14)13(10)12/h5-8,15H,3-4,9H2,1-2H3. The maximum atomic E-state index is 6.23. The molecule has 1 aromatic heterocycles. The van der Waals surface area contributed by atoms with Crippen LogP contribution in [0.5, 0.6) is 0 Å². The van der Waals surface area contributed by atoms with Gasteiger partial charge in [-0.3, -0.25) is 4.90 Å². The first-order chi connectivity index (χ1) is 7.76. The number of rotatable bonds is 4. The van der Waals surface area contributed by atoms with Crippen LogP contribution >= 0.6 is 11.6 Å². The van der Waals surface area contributed by atoms with Gasteiger partial charge in [-0.05, 0) is 30.8 Å². The van der Waals surface area contributed by atoms with E-state index in [1.165, 1.54) is 5.56 Å². The molecule has 0 atom stereocenters. The van der Waals surface area contributed by atoms with Crippen molar-refractivity contribution in [2.75, 3.05) is 13.1 Å². The molecular formula is C13H17ClN2. The third-order valence-electron chi connectivity index (χ3n) is 3.03. The molecule has 1 N–H and O–H groups in total. The number of nitrogens with one attached hydrogen (secondary N) is 1. The zero-order chi connectivity index (χ0) is 11.5. The highest BCUT2D eigenvalue weighted by atomic mass is 35.5. The van der Waals surface area contributed by atoms with Crippen LogP contribution in [0.4, 0.5) is 0 Å². The molecule has 3 heteroatoms. The summed E-state index contributed by atoms with van der Waals surface area (Å²) in [5.74, 6) is 0. The van der Waals surface area contributed by atoms with Gasteiger partial charge in [0.05, 0.1) is 5.02 Å². The molecule has 16 heavy (non-hydrogen) atoms. The van der Waals surface area contributed by atoms with Crippen LogP contribution in [0.2, 0.25) is 5.02 Å². The molecule has 0 aliphatic carbocycles. The van der Waals surface area contributed by atoms with Crippen molar-refractivity contribution in [1.29, 1.82) is 0 Å². The topological polar surface area (TPSA) is 19.0 Å². The van der Waals surface area contributed by atoms with Crippen molar-refractivity contribution in [3.05, 3.63) is 35.0 Å². The van der Waals surface area contributed by atoms with E-state index in [9.17, 15) is 0 Å². The molecule has 0 spiro atoms. The van der Waals surface area contributed by atoms with Crippen molar-refractivity contribution in [3.8, 4) is 0 Å². The minimum Gasteiger partial charge on any atom is -0.361 e. The summed E-state index contributed by atoms with van der Waals surface area (Å²) in [6.07, 6.45) is 2.06. The molecule has 86 valence electrons. The summed E-state index contributed by atoms with van der Waals surface area (Å²) in [6, 6.07) is 5.98. The Bertz CT molecular complexity index is 472. The summed E-state index contributed by atoms with van der Waals surface area (Å²) in [6.45, 7) is 7.44. The molecule has 0 radical (unpaired) electrons. The van der Waals surface area contributed by atoms with Crippen LogP contribution in [-0.2, 0) is 6.54 Å². The molecule has 0 amide bonds. The van der Waals surface area contributed by atoms with Crippen LogP contribution < -0.4 is 0 Å². The van der Waals surface area contributed by atoms with E-state index in [2.05, 4.69) is 36.0 Å². The lowest BCUT2D eigenvalue weighted by molar-refractivity contribution is 0.297. The first-order valence-electron chi connectivity index (χ1n) is 5.73. The Hall–Kier alpha value is -0.990. The smallest absolute Gasteiger partial charge is 0.0503 e. The highest BCUT2D eigenvalue weighted by Gasteiger charge is 2.09. The molecule has 2 rings (SSSR count). The quantitative estimate of drug-likeness (QED) is 0.859. The van der Waals surface area contributed by atoms with Crippen molar-refractivity contribution < 1.29 is 0 Å². The van der Waals surface area contributed by atoms with Gasteiger partial charge in [-0.1, -0.05) is 31.5 Å². The van der Waals surface area contributed by atoms with Crippen molar-refractivity contribution in [1.82, 2.24) is 9.88 Å². The summed E-state index contributed by atoms with van der Waals surface area (Å²) in [5.41, 5.74) is 2.40. The lowest BCUT2D eigenvalue weighted by Crippen LogP contribution is -2.21. The Labute approximate surface area is 101 Å². The average Bonchev–Trinajstić information content (AvgIpc) is 2.70. The van der Waals surface area contributed by atoms with Crippen molar-refractivity contribution in [2.24, 2.45) is 0 Å². The molecule has 0 fully saturated rings. The van der Waals surface area contributed by atoms with Gasteiger partial charge in [-0.25, -0.2) is 0 Å². The van der Waals surface area contributed by atoms with E-state index in [0.717, 1.165) is 35.6 Å². The number of benzene rings is 1. The molecule has 0 aliphatic heterocycles. The Morgan fingerprint density at radius 2 is 2.00 bits per heavy atom. The number of aromatic nitrogens is 1. The van der Waals surface area contributed by atoms with Crippen LogP contribution in [0, 0.1) is 0 Å². The lowest BCUT2D eigenvalue weighted by atomic mass is 10.1. The fourth-order valence-electron chi connectivity index (χ4n) is 2.02. The van der Waals surface area contributed by atoms with Crippen LogP contribution in [0.25, 0.3) is 10.9 Å². The number of fused-ring (bicyclic) bond motifs is 1. The molecule has 0 unspecified atom stereocenters. The molecule has 1 heterocycles. The molecule has 0 saturated heterocycles. The minimum atomic E-state index is 0.834. The first-order valence-corrected chi connectivity index (χ1v) is 6.10. The Balaban J connectivity index is 2.37. The predicted octanol–water partition coefficient (Wildman–Crippen LogP) is 3.66. The van der Waals surface area contributed by atoms with Gasteiger partial charge in [0.25, 0.3) is 0 Å². The SMILES string of the molecule is CCN(CC)Cc1c[nH]c2cccc(Cl)c12. The van der Waals surface area contributed by atoms with Crippen LogP contribution in [0.3, 0.4) is 0 Å². The Morgan fingerprint density at radius 1 is 1.25 bits per heavy atom. The van der Waals surface area contributed by atoms with Gasteiger partial charge in [0.2, 0.25) is 0 Å². The number of hydrogen-bond acceptors (Lipinski definition) is 1. The first kappa shape index (κ1) is 11.5. The van der Waals surface area contributed by atoms with E-state index < -0.39 is 0 Å². The lowest BCUT2D eigenvalue weighted by Gasteiger charge is -2.17. The molecule has 0 saturated carbocycles. The van der Waals surface area contributed by atoms with Gasteiger partial charge in [0.15, 0.2) is 0 Å². The highest BCUT2D eigenvalue weighted by molar-refractivity contribution is 6.35. The van der Waals surface area contributed by atoms with E-state index in [4.69, 9.17) is 11.6 Å². The van der Waals surface area contributed by atoms with Crippen LogP contribution in [-0.4, -0.2) is 23.0 Å². The van der Waals surface area contributed by atoms with Gasteiger partial charge in [0, 0.05) is 23.6 Å². The van der Waals surface area contributed by atoms with Gasteiger partial charge >= 0.3 is 0 Å². The predicted molar refractivity (Wildman–Crippen MR) is 69.9 cm³/mol. The van der Waals surface area contributed by atoms with Crippen molar-refractivity contribution in [3.63, 3.8) is 0 Å². The molecule has 1 aromatic carbocycles. The Morgan fingerprint density at radius 3 is 2.69 bits per heavy atom. The van der Waals surface area contributed by atoms with Crippen LogP contribution in [0.1, 0.15) is 19.4 Å². The third kappa shape index (κ3) is 2.08. The van der Waals surface area contributed by atoms with Gasteiger partial charge in [-0.2, -0.15) is 0 Å². The summed E-state index contributed by atoms with van der Waals surface area (Å²) in [4.78, 5) is 5.65. The third-order valence-corrected chi connectivity index (χ3v) is 3.34. The summed E-state index contributed by atoms with van der Waals surface area (Å²) in [7, 11) is 0. The second-order valence-corrected chi connectivity index (χ2v) is 4.34. The zero-order valence-electron chi connectivity index (χ0n) is 9.76. The molecule has 0 aliphatic rings. The monoisotopic (exact) mass is 236 g/mol. The average molecular weight is 237 g/mol. The molecule has 0 bridgehead atoms. The normalized spacial score (nSPS) is 11.5.